The number of hydrogen-bond acceptors (Lipinski definition) is 4. The van der Waals surface area contributed by atoms with Crippen LogP contribution in [0.25, 0.3) is 0 Å². The number of amides is 2. The number of aliphatic hydroxyl groups is 2. The SMILES string of the molecule is C[C@@]1(O)CCOC2(CCN(C(=O)Nc3ccc(Cl)cc3Cl)CC2)[C@H]1O. The first kappa shape index (κ1) is 18.7. The van der Waals surface area contributed by atoms with Crippen LogP contribution in [0, 0.1) is 0 Å². The van der Waals surface area contributed by atoms with E-state index < -0.39 is 17.3 Å². The van der Waals surface area contributed by atoms with Gasteiger partial charge in [-0.05, 0) is 38.0 Å². The molecule has 1 spiro atoms. The van der Waals surface area contributed by atoms with Crippen molar-refractivity contribution in [1.29, 1.82) is 0 Å². The standard InChI is InChI=1S/C17H22Cl2N2O4/c1-16(24)6-9-25-17(14(16)22)4-7-21(8-5-17)15(23)20-13-3-2-11(18)10-12(13)19/h2-3,10,14,22,24H,4-9H2,1H3,(H,20,23)/t14-,16+/m0/s1. The van der Waals surface area contributed by atoms with E-state index in [0.717, 1.165) is 0 Å². The first-order valence-electron chi connectivity index (χ1n) is 8.29. The monoisotopic (exact) mass is 388 g/mol. The van der Waals surface area contributed by atoms with E-state index in [0.29, 0.717) is 54.7 Å². The molecule has 0 bridgehead atoms. The predicted molar refractivity (Wildman–Crippen MR) is 96.2 cm³/mol. The number of likely N-dealkylation sites (tertiary alicyclic amines) is 1. The summed E-state index contributed by atoms with van der Waals surface area (Å²) in [5.41, 5.74) is -1.47. The maximum absolute atomic E-state index is 12.5. The molecule has 2 fully saturated rings. The number of piperidine rings is 1. The number of halogens is 2. The van der Waals surface area contributed by atoms with E-state index in [1.807, 2.05) is 0 Å². The number of nitrogens with one attached hydrogen (secondary N) is 1. The predicted octanol–water partition coefficient (Wildman–Crippen LogP) is 2.89. The second-order valence-electron chi connectivity index (χ2n) is 6.96. The van der Waals surface area contributed by atoms with Crippen LogP contribution in [-0.4, -0.2) is 58.1 Å². The smallest absolute Gasteiger partial charge is 0.321 e. The van der Waals surface area contributed by atoms with Gasteiger partial charge >= 0.3 is 6.03 Å². The Labute approximate surface area is 156 Å². The molecule has 0 radical (unpaired) electrons. The lowest BCUT2D eigenvalue weighted by Gasteiger charge is -2.51. The largest absolute Gasteiger partial charge is 0.387 e. The van der Waals surface area contributed by atoms with E-state index >= 15 is 0 Å². The molecule has 0 unspecified atom stereocenters. The van der Waals surface area contributed by atoms with Crippen LogP contribution >= 0.6 is 23.2 Å². The van der Waals surface area contributed by atoms with Crippen molar-refractivity contribution in [2.75, 3.05) is 25.0 Å². The molecule has 2 aliphatic rings. The average molecular weight is 389 g/mol. The molecule has 25 heavy (non-hydrogen) atoms. The maximum atomic E-state index is 12.5. The molecular weight excluding hydrogens is 367 g/mol. The Morgan fingerprint density at radius 1 is 1.32 bits per heavy atom. The molecule has 1 aromatic carbocycles. The molecule has 6 nitrogen and oxygen atoms in total. The molecule has 8 heteroatoms. The molecule has 1 aromatic rings. The number of nitrogens with zero attached hydrogens (tertiary/aromatic N) is 1. The van der Waals surface area contributed by atoms with Gasteiger partial charge in [-0.25, -0.2) is 4.79 Å². The fourth-order valence-electron chi connectivity index (χ4n) is 3.53. The quantitative estimate of drug-likeness (QED) is 0.690. The summed E-state index contributed by atoms with van der Waals surface area (Å²) in [5.74, 6) is 0. The zero-order valence-corrected chi connectivity index (χ0v) is 15.5. The number of anilines is 1. The van der Waals surface area contributed by atoms with Gasteiger partial charge < -0.3 is 25.2 Å². The molecule has 2 aliphatic heterocycles. The Morgan fingerprint density at radius 3 is 2.64 bits per heavy atom. The zero-order valence-electron chi connectivity index (χ0n) is 14.0. The highest BCUT2D eigenvalue weighted by Crippen LogP contribution is 2.40. The van der Waals surface area contributed by atoms with Crippen molar-refractivity contribution in [2.45, 2.75) is 43.5 Å². The summed E-state index contributed by atoms with van der Waals surface area (Å²) in [6, 6.07) is 4.61. The van der Waals surface area contributed by atoms with E-state index in [1.54, 1.807) is 30.0 Å². The Hall–Kier alpha value is -1.05. The molecule has 2 amide bonds. The van der Waals surface area contributed by atoms with Crippen LogP contribution in [0.5, 0.6) is 0 Å². The lowest BCUT2D eigenvalue weighted by Crippen LogP contribution is -2.64. The number of carbonyl (C=O) groups is 1. The maximum Gasteiger partial charge on any atom is 0.321 e. The van der Waals surface area contributed by atoms with Crippen molar-refractivity contribution in [3.05, 3.63) is 28.2 Å². The molecule has 0 aromatic heterocycles. The van der Waals surface area contributed by atoms with E-state index in [-0.39, 0.29) is 6.03 Å². The number of aliphatic hydroxyl groups excluding tert-OH is 1. The summed E-state index contributed by atoms with van der Waals surface area (Å²) in [7, 11) is 0. The van der Waals surface area contributed by atoms with Crippen LogP contribution in [0.2, 0.25) is 10.0 Å². The number of ether oxygens (including phenoxy) is 1. The summed E-state index contributed by atoms with van der Waals surface area (Å²) in [5, 5.41) is 24.5. The fraction of sp³-hybridized carbons (Fsp3) is 0.588. The highest BCUT2D eigenvalue weighted by atomic mass is 35.5. The normalized spacial score (nSPS) is 28.8. The molecule has 0 aliphatic carbocycles. The van der Waals surface area contributed by atoms with E-state index in [9.17, 15) is 15.0 Å². The summed E-state index contributed by atoms with van der Waals surface area (Å²) in [4.78, 5) is 14.1. The van der Waals surface area contributed by atoms with Gasteiger partial charge in [-0.15, -0.1) is 0 Å². The van der Waals surface area contributed by atoms with Gasteiger partial charge in [0.05, 0.1) is 22.9 Å². The highest BCUT2D eigenvalue weighted by Gasteiger charge is 2.52. The van der Waals surface area contributed by atoms with Gasteiger partial charge in [0.15, 0.2) is 0 Å². The summed E-state index contributed by atoms with van der Waals surface area (Å²) < 4.78 is 5.83. The third kappa shape index (κ3) is 3.73. The third-order valence-electron chi connectivity index (χ3n) is 5.15. The van der Waals surface area contributed by atoms with E-state index in [4.69, 9.17) is 27.9 Å². The van der Waals surface area contributed by atoms with Crippen molar-refractivity contribution in [3.8, 4) is 0 Å². The van der Waals surface area contributed by atoms with Crippen LogP contribution in [0.4, 0.5) is 10.5 Å². The molecule has 3 rings (SSSR count). The van der Waals surface area contributed by atoms with Gasteiger partial charge in [-0.3, -0.25) is 0 Å². The van der Waals surface area contributed by atoms with Crippen LogP contribution in [0.15, 0.2) is 18.2 Å². The minimum atomic E-state index is -1.17. The summed E-state index contributed by atoms with van der Waals surface area (Å²) in [6.07, 6.45) is 0.359. The minimum Gasteiger partial charge on any atom is -0.387 e. The number of benzene rings is 1. The molecule has 2 saturated heterocycles. The molecule has 138 valence electrons. The number of carbonyl (C=O) groups excluding carboxylic acids is 1. The third-order valence-corrected chi connectivity index (χ3v) is 5.70. The Kier molecular flexibility index (Phi) is 5.19. The van der Waals surface area contributed by atoms with E-state index in [2.05, 4.69) is 5.32 Å². The first-order chi connectivity index (χ1) is 11.7. The lowest BCUT2D eigenvalue weighted by molar-refractivity contribution is -0.244. The van der Waals surface area contributed by atoms with Gasteiger partial charge in [0, 0.05) is 24.5 Å². The molecule has 2 heterocycles. The lowest BCUT2D eigenvalue weighted by atomic mass is 9.75. The van der Waals surface area contributed by atoms with Crippen molar-refractivity contribution in [3.63, 3.8) is 0 Å². The Morgan fingerprint density at radius 2 is 2.00 bits per heavy atom. The highest BCUT2D eigenvalue weighted by molar-refractivity contribution is 6.36. The molecule has 3 N–H and O–H groups in total. The number of hydrogen-bond donors (Lipinski definition) is 3. The van der Waals surface area contributed by atoms with Crippen LogP contribution < -0.4 is 5.32 Å². The fourth-order valence-corrected chi connectivity index (χ4v) is 3.99. The summed E-state index contributed by atoms with van der Waals surface area (Å²) >= 11 is 11.9. The topological polar surface area (TPSA) is 82.0 Å². The van der Waals surface area contributed by atoms with E-state index in [1.165, 1.54) is 0 Å². The van der Waals surface area contributed by atoms with Gasteiger partial charge in [0.25, 0.3) is 0 Å². The van der Waals surface area contributed by atoms with Crippen molar-refractivity contribution in [2.24, 2.45) is 0 Å². The van der Waals surface area contributed by atoms with Crippen LogP contribution in [0.3, 0.4) is 0 Å². The van der Waals surface area contributed by atoms with Crippen LogP contribution in [-0.2, 0) is 4.74 Å². The van der Waals surface area contributed by atoms with Gasteiger partial charge in [0.1, 0.15) is 11.7 Å². The Bertz CT molecular complexity index is 660. The number of urea groups is 1. The Balaban J connectivity index is 1.63. The summed E-state index contributed by atoms with van der Waals surface area (Å²) in [6.45, 7) is 2.87. The number of rotatable bonds is 1. The van der Waals surface area contributed by atoms with Gasteiger partial charge in [-0.2, -0.15) is 0 Å². The van der Waals surface area contributed by atoms with Crippen molar-refractivity contribution in [1.82, 2.24) is 4.90 Å². The average Bonchev–Trinajstić information content (AvgIpc) is 2.56. The van der Waals surface area contributed by atoms with Crippen molar-refractivity contribution >= 4 is 34.9 Å². The second-order valence-corrected chi connectivity index (χ2v) is 7.81. The minimum absolute atomic E-state index is 0.267. The van der Waals surface area contributed by atoms with Gasteiger partial charge in [-0.1, -0.05) is 23.2 Å². The zero-order chi connectivity index (χ0) is 18.2. The van der Waals surface area contributed by atoms with Crippen molar-refractivity contribution < 1.29 is 19.7 Å². The first-order valence-corrected chi connectivity index (χ1v) is 9.04. The molecular formula is C17H22Cl2N2O4. The molecule has 2 atom stereocenters. The second kappa shape index (κ2) is 6.93. The molecule has 0 saturated carbocycles. The van der Waals surface area contributed by atoms with Crippen LogP contribution in [0.1, 0.15) is 26.2 Å². The van der Waals surface area contributed by atoms with Gasteiger partial charge in [0.2, 0.25) is 0 Å².